The predicted octanol–water partition coefficient (Wildman–Crippen LogP) is 4.29. The van der Waals surface area contributed by atoms with E-state index in [1.54, 1.807) is 35.9 Å². The van der Waals surface area contributed by atoms with E-state index in [2.05, 4.69) is 43.4 Å². The summed E-state index contributed by atoms with van der Waals surface area (Å²) in [4.78, 5) is 24.6. The third-order valence-corrected chi connectivity index (χ3v) is 6.16. The van der Waals surface area contributed by atoms with Gasteiger partial charge in [0.15, 0.2) is 11.0 Å². The second kappa shape index (κ2) is 10.3. The number of amides is 2. The Morgan fingerprint density at radius 3 is 2.47 bits per heavy atom. The average Bonchev–Trinajstić information content (AvgIpc) is 3.09. The fraction of sp³-hybridized carbons (Fsp3) is 0.200. The van der Waals surface area contributed by atoms with Crippen LogP contribution in [0.2, 0.25) is 5.02 Å². The maximum absolute atomic E-state index is 12.4. The van der Waals surface area contributed by atoms with Crippen LogP contribution in [0, 0.1) is 3.57 Å². The molecule has 3 rings (SSSR count). The molecule has 0 bridgehead atoms. The van der Waals surface area contributed by atoms with E-state index >= 15 is 0 Å². The first kappa shape index (κ1) is 22.6. The number of hydrogen-bond donors (Lipinski definition) is 2. The van der Waals surface area contributed by atoms with Crippen LogP contribution in [0.15, 0.2) is 53.7 Å². The van der Waals surface area contributed by atoms with Crippen molar-refractivity contribution in [3.05, 3.63) is 68.5 Å². The molecule has 0 spiro atoms. The molecule has 2 N–H and O–H groups in total. The Kier molecular flexibility index (Phi) is 7.73. The van der Waals surface area contributed by atoms with E-state index in [1.807, 2.05) is 31.2 Å². The zero-order valence-corrected chi connectivity index (χ0v) is 20.0. The molecule has 0 aliphatic carbocycles. The maximum Gasteiger partial charge on any atom is 0.251 e. The normalized spacial score (nSPS) is 11.7. The van der Waals surface area contributed by atoms with Crippen LogP contribution < -0.4 is 10.6 Å². The van der Waals surface area contributed by atoms with Gasteiger partial charge in [0.1, 0.15) is 0 Å². The first-order chi connectivity index (χ1) is 14.3. The number of benzene rings is 2. The molecule has 156 valence electrons. The highest BCUT2D eigenvalue weighted by molar-refractivity contribution is 14.1. The minimum Gasteiger partial charge on any atom is -0.342 e. The highest BCUT2D eigenvalue weighted by Crippen LogP contribution is 2.20. The van der Waals surface area contributed by atoms with Gasteiger partial charge in [0, 0.05) is 26.9 Å². The van der Waals surface area contributed by atoms with Gasteiger partial charge in [0.2, 0.25) is 5.91 Å². The summed E-state index contributed by atoms with van der Waals surface area (Å²) in [6.45, 7) is 1.83. The van der Waals surface area contributed by atoms with Gasteiger partial charge in [-0.25, -0.2) is 0 Å². The van der Waals surface area contributed by atoms with Crippen molar-refractivity contribution in [1.29, 1.82) is 0 Å². The van der Waals surface area contributed by atoms with Gasteiger partial charge in [0.25, 0.3) is 5.91 Å². The number of carbonyl (C=O) groups is 2. The minimum atomic E-state index is -0.361. The fourth-order valence-electron chi connectivity index (χ4n) is 2.64. The molecule has 1 aromatic heterocycles. The van der Waals surface area contributed by atoms with Crippen molar-refractivity contribution in [3.8, 4) is 0 Å². The summed E-state index contributed by atoms with van der Waals surface area (Å²) in [5.41, 5.74) is 1.26. The van der Waals surface area contributed by atoms with E-state index in [0.29, 0.717) is 21.6 Å². The Balaban J connectivity index is 1.56. The van der Waals surface area contributed by atoms with Crippen molar-refractivity contribution in [2.75, 3.05) is 11.1 Å². The van der Waals surface area contributed by atoms with Gasteiger partial charge in [-0.15, -0.1) is 10.2 Å². The molecule has 3 aromatic rings. The Morgan fingerprint density at radius 1 is 1.13 bits per heavy atom. The summed E-state index contributed by atoms with van der Waals surface area (Å²) in [6.07, 6.45) is 0. The number of aromatic nitrogens is 3. The third kappa shape index (κ3) is 5.96. The maximum atomic E-state index is 12.4. The van der Waals surface area contributed by atoms with Crippen molar-refractivity contribution in [1.82, 2.24) is 20.1 Å². The van der Waals surface area contributed by atoms with Crippen LogP contribution in [0.1, 0.15) is 29.1 Å². The van der Waals surface area contributed by atoms with Crippen molar-refractivity contribution in [2.45, 2.75) is 18.1 Å². The van der Waals surface area contributed by atoms with Crippen LogP contribution in [0.25, 0.3) is 0 Å². The molecule has 0 saturated heterocycles. The SMILES string of the molecule is C[C@H](NC(=O)c1ccc(Cl)cc1)c1nnc(SCC(=O)Nc2ccc(I)cc2)n1C. The summed E-state index contributed by atoms with van der Waals surface area (Å²) in [5.74, 6) is 0.435. The van der Waals surface area contributed by atoms with Crippen LogP contribution in [0.3, 0.4) is 0 Å². The molecule has 30 heavy (non-hydrogen) atoms. The van der Waals surface area contributed by atoms with E-state index in [9.17, 15) is 9.59 Å². The molecule has 1 heterocycles. The molecule has 0 unspecified atom stereocenters. The topological polar surface area (TPSA) is 88.9 Å². The van der Waals surface area contributed by atoms with Gasteiger partial charge in [-0.1, -0.05) is 23.4 Å². The Labute approximate surface area is 197 Å². The average molecular weight is 556 g/mol. The lowest BCUT2D eigenvalue weighted by atomic mass is 10.2. The first-order valence-corrected chi connectivity index (χ1v) is 11.4. The van der Waals surface area contributed by atoms with Gasteiger partial charge < -0.3 is 15.2 Å². The molecule has 2 amide bonds. The molecule has 0 radical (unpaired) electrons. The van der Waals surface area contributed by atoms with Crippen LogP contribution in [0.5, 0.6) is 0 Å². The Bertz CT molecular complexity index is 1040. The smallest absolute Gasteiger partial charge is 0.251 e. The van der Waals surface area contributed by atoms with Crippen molar-refractivity contribution in [3.63, 3.8) is 0 Å². The van der Waals surface area contributed by atoms with Gasteiger partial charge in [-0.3, -0.25) is 9.59 Å². The Morgan fingerprint density at radius 2 is 1.80 bits per heavy atom. The lowest BCUT2D eigenvalue weighted by molar-refractivity contribution is -0.113. The van der Waals surface area contributed by atoms with E-state index in [1.165, 1.54) is 11.8 Å². The zero-order chi connectivity index (χ0) is 21.7. The number of thioether (sulfide) groups is 1. The van der Waals surface area contributed by atoms with Gasteiger partial charge in [-0.2, -0.15) is 0 Å². The van der Waals surface area contributed by atoms with Crippen molar-refractivity contribution in [2.24, 2.45) is 7.05 Å². The molecule has 0 fully saturated rings. The minimum absolute atomic E-state index is 0.130. The highest BCUT2D eigenvalue weighted by Gasteiger charge is 2.19. The van der Waals surface area contributed by atoms with E-state index in [-0.39, 0.29) is 23.6 Å². The number of halogens is 2. The van der Waals surface area contributed by atoms with Crippen LogP contribution in [0.4, 0.5) is 5.69 Å². The predicted molar refractivity (Wildman–Crippen MR) is 127 cm³/mol. The standard InChI is InChI=1S/C20H19ClIN5O2S/c1-12(23-19(29)13-3-5-14(21)6-4-13)18-25-26-20(27(18)2)30-11-17(28)24-16-9-7-15(22)8-10-16/h3-10,12H,11H2,1-2H3,(H,23,29)(H,24,28)/t12-/m0/s1. The van der Waals surface area contributed by atoms with Crippen molar-refractivity contribution < 1.29 is 9.59 Å². The summed E-state index contributed by atoms with van der Waals surface area (Å²) in [5, 5.41) is 15.2. The second-order valence-electron chi connectivity index (χ2n) is 6.45. The number of rotatable bonds is 7. The quantitative estimate of drug-likeness (QED) is 0.335. The number of carbonyl (C=O) groups excluding carboxylic acids is 2. The molecule has 1 atom stereocenters. The lowest BCUT2D eigenvalue weighted by Crippen LogP contribution is -2.28. The summed E-state index contributed by atoms with van der Waals surface area (Å²) in [7, 11) is 1.81. The molecule has 7 nitrogen and oxygen atoms in total. The summed E-state index contributed by atoms with van der Waals surface area (Å²) >= 11 is 9.35. The zero-order valence-electron chi connectivity index (χ0n) is 16.2. The van der Waals surface area contributed by atoms with Crippen LogP contribution >= 0.6 is 46.0 Å². The molecule has 0 aliphatic heterocycles. The van der Waals surface area contributed by atoms with E-state index in [4.69, 9.17) is 11.6 Å². The van der Waals surface area contributed by atoms with E-state index in [0.717, 1.165) is 9.26 Å². The number of anilines is 1. The molecular formula is C20H19ClIN5O2S. The van der Waals surface area contributed by atoms with Crippen LogP contribution in [-0.4, -0.2) is 32.3 Å². The number of nitrogens with zero attached hydrogens (tertiary/aromatic N) is 3. The van der Waals surface area contributed by atoms with Gasteiger partial charge >= 0.3 is 0 Å². The molecule has 0 saturated carbocycles. The van der Waals surface area contributed by atoms with Gasteiger partial charge in [0.05, 0.1) is 11.8 Å². The monoisotopic (exact) mass is 555 g/mol. The van der Waals surface area contributed by atoms with Crippen LogP contribution in [-0.2, 0) is 11.8 Å². The third-order valence-electron chi connectivity index (χ3n) is 4.17. The molecule has 10 heteroatoms. The Hall–Kier alpha value is -2.11. The summed E-state index contributed by atoms with van der Waals surface area (Å²) in [6, 6.07) is 13.9. The largest absolute Gasteiger partial charge is 0.342 e. The number of hydrogen-bond acceptors (Lipinski definition) is 5. The number of nitrogens with one attached hydrogen (secondary N) is 2. The highest BCUT2D eigenvalue weighted by atomic mass is 127. The lowest BCUT2D eigenvalue weighted by Gasteiger charge is -2.13. The molecule has 2 aromatic carbocycles. The first-order valence-electron chi connectivity index (χ1n) is 8.97. The molecular weight excluding hydrogens is 537 g/mol. The summed E-state index contributed by atoms with van der Waals surface area (Å²) < 4.78 is 2.87. The van der Waals surface area contributed by atoms with Gasteiger partial charge in [-0.05, 0) is 78.0 Å². The fourth-order valence-corrected chi connectivity index (χ4v) is 3.84. The molecule has 0 aliphatic rings. The van der Waals surface area contributed by atoms with E-state index < -0.39 is 0 Å². The second-order valence-corrected chi connectivity index (χ2v) is 9.07. The van der Waals surface area contributed by atoms with Crippen molar-refractivity contribution >= 4 is 63.5 Å².